The summed E-state index contributed by atoms with van der Waals surface area (Å²) in [5.74, 6) is 0. The minimum absolute atomic E-state index is 0.424. The van der Waals surface area contributed by atoms with Gasteiger partial charge in [0, 0.05) is 11.6 Å². The van der Waals surface area contributed by atoms with Crippen LogP contribution >= 0.6 is 22.9 Å². The minimum Gasteiger partial charge on any atom is -0.348 e. The summed E-state index contributed by atoms with van der Waals surface area (Å²) < 4.78 is 0. The van der Waals surface area contributed by atoms with Crippen LogP contribution in [0.2, 0.25) is 0 Å². The van der Waals surface area contributed by atoms with Gasteiger partial charge in [0.15, 0.2) is 5.13 Å². The predicted molar refractivity (Wildman–Crippen MR) is 36.5 cm³/mol. The molecular formula is C4H5ClN2S. The van der Waals surface area contributed by atoms with E-state index in [9.17, 15) is 0 Å². The maximum absolute atomic E-state index is 5.35. The van der Waals surface area contributed by atoms with E-state index in [4.69, 9.17) is 11.6 Å². The highest BCUT2D eigenvalue weighted by Crippen LogP contribution is 2.09. The van der Waals surface area contributed by atoms with Gasteiger partial charge in [-0.3, -0.25) is 0 Å². The third kappa shape index (κ3) is 1.35. The van der Waals surface area contributed by atoms with Gasteiger partial charge < -0.3 is 5.32 Å². The van der Waals surface area contributed by atoms with Gasteiger partial charge in [-0.2, -0.15) is 0 Å². The van der Waals surface area contributed by atoms with Crippen molar-refractivity contribution < 1.29 is 0 Å². The molecule has 0 saturated carbocycles. The quantitative estimate of drug-likeness (QED) is 0.511. The average Bonchev–Trinajstić information content (AvgIpc) is 2.19. The number of alkyl halides is 1. The summed E-state index contributed by atoms with van der Waals surface area (Å²) in [6.07, 6.45) is 1.74. The number of hydrogen-bond acceptors (Lipinski definition) is 3. The van der Waals surface area contributed by atoms with E-state index in [1.165, 1.54) is 0 Å². The van der Waals surface area contributed by atoms with Gasteiger partial charge >= 0.3 is 0 Å². The van der Waals surface area contributed by atoms with E-state index in [2.05, 4.69) is 10.3 Å². The Kier molecular flexibility index (Phi) is 2.11. The van der Waals surface area contributed by atoms with Crippen LogP contribution in [0.25, 0.3) is 0 Å². The van der Waals surface area contributed by atoms with Gasteiger partial charge in [0.05, 0.1) is 6.00 Å². The molecule has 0 amide bonds. The molecule has 0 unspecified atom stereocenters. The maximum Gasteiger partial charge on any atom is 0.183 e. The Morgan fingerprint density at radius 1 is 1.88 bits per heavy atom. The number of aromatic nitrogens is 1. The van der Waals surface area contributed by atoms with Crippen LogP contribution in [-0.2, 0) is 0 Å². The molecule has 1 rings (SSSR count). The van der Waals surface area contributed by atoms with Crippen molar-refractivity contribution in [2.24, 2.45) is 0 Å². The second-order valence-corrected chi connectivity index (χ2v) is 2.31. The standard InChI is InChI=1S/C4H5ClN2S/c5-3-7-4-6-1-2-8-4/h1-2H,3H2,(H,6,7). The molecule has 0 aliphatic carbocycles. The zero-order valence-corrected chi connectivity index (χ0v) is 5.67. The first-order valence-electron chi connectivity index (χ1n) is 2.13. The summed E-state index contributed by atoms with van der Waals surface area (Å²) in [6.45, 7) is 0. The minimum atomic E-state index is 0.424. The first kappa shape index (κ1) is 5.85. The molecule has 4 heteroatoms. The maximum atomic E-state index is 5.35. The number of nitrogens with zero attached hydrogens (tertiary/aromatic N) is 1. The van der Waals surface area contributed by atoms with Crippen molar-refractivity contribution in [1.29, 1.82) is 0 Å². The fourth-order valence-corrected chi connectivity index (χ4v) is 1.10. The number of anilines is 1. The largest absolute Gasteiger partial charge is 0.348 e. The Morgan fingerprint density at radius 3 is 3.25 bits per heavy atom. The van der Waals surface area contributed by atoms with Crippen LogP contribution in [-0.4, -0.2) is 11.0 Å². The van der Waals surface area contributed by atoms with Crippen LogP contribution in [0, 0.1) is 0 Å². The summed E-state index contributed by atoms with van der Waals surface area (Å²) in [5, 5.41) is 5.63. The lowest BCUT2D eigenvalue weighted by Crippen LogP contribution is -1.91. The highest BCUT2D eigenvalue weighted by molar-refractivity contribution is 7.13. The normalized spacial score (nSPS) is 9.12. The van der Waals surface area contributed by atoms with Gasteiger partial charge in [0.25, 0.3) is 0 Å². The number of halogens is 1. The van der Waals surface area contributed by atoms with E-state index < -0.39 is 0 Å². The second-order valence-electron chi connectivity index (χ2n) is 1.15. The molecule has 0 aliphatic rings. The number of nitrogens with one attached hydrogen (secondary N) is 1. The third-order valence-corrected chi connectivity index (χ3v) is 1.51. The van der Waals surface area contributed by atoms with Gasteiger partial charge in [0.2, 0.25) is 0 Å². The third-order valence-electron chi connectivity index (χ3n) is 0.650. The summed E-state index contributed by atoms with van der Waals surface area (Å²) in [5.41, 5.74) is 0. The zero-order chi connectivity index (χ0) is 5.82. The van der Waals surface area contributed by atoms with Crippen molar-refractivity contribution in [3.63, 3.8) is 0 Å². The molecule has 0 aliphatic heterocycles. The highest BCUT2D eigenvalue weighted by Gasteiger charge is 1.87. The fraction of sp³-hybridized carbons (Fsp3) is 0.250. The van der Waals surface area contributed by atoms with Crippen LogP contribution in [0.1, 0.15) is 0 Å². The average molecular weight is 149 g/mol. The number of rotatable bonds is 2. The van der Waals surface area contributed by atoms with E-state index in [0.29, 0.717) is 6.00 Å². The molecule has 8 heavy (non-hydrogen) atoms. The molecular weight excluding hydrogens is 144 g/mol. The van der Waals surface area contributed by atoms with Crippen molar-refractivity contribution in [3.8, 4) is 0 Å². The van der Waals surface area contributed by atoms with Gasteiger partial charge in [-0.05, 0) is 0 Å². The Bertz CT molecular complexity index is 140. The van der Waals surface area contributed by atoms with E-state index in [1.807, 2.05) is 5.38 Å². The SMILES string of the molecule is ClCNc1nccs1. The molecule has 44 valence electrons. The molecule has 1 N–H and O–H groups in total. The second kappa shape index (κ2) is 2.89. The Labute approximate surface area is 56.5 Å². The highest BCUT2D eigenvalue weighted by atomic mass is 35.5. The summed E-state index contributed by atoms with van der Waals surface area (Å²) in [7, 11) is 0. The molecule has 1 aromatic heterocycles. The molecule has 1 heterocycles. The molecule has 0 saturated heterocycles. The molecule has 0 bridgehead atoms. The van der Waals surface area contributed by atoms with E-state index >= 15 is 0 Å². The van der Waals surface area contributed by atoms with Gasteiger partial charge in [-0.25, -0.2) is 4.98 Å². The van der Waals surface area contributed by atoms with Crippen LogP contribution in [0.3, 0.4) is 0 Å². The monoisotopic (exact) mass is 148 g/mol. The summed E-state index contributed by atoms with van der Waals surface area (Å²) >= 11 is 6.89. The summed E-state index contributed by atoms with van der Waals surface area (Å²) in [6, 6.07) is 0.424. The van der Waals surface area contributed by atoms with E-state index in [1.54, 1.807) is 17.5 Å². The van der Waals surface area contributed by atoms with Crippen molar-refractivity contribution in [1.82, 2.24) is 4.98 Å². The topological polar surface area (TPSA) is 24.9 Å². The lowest BCUT2D eigenvalue weighted by atomic mass is 11.0. The number of hydrogen-bond donors (Lipinski definition) is 1. The lowest BCUT2D eigenvalue weighted by molar-refractivity contribution is 1.34. The molecule has 0 fully saturated rings. The summed E-state index contributed by atoms with van der Waals surface area (Å²) in [4.78, 5) is 3.93. The molecule has 0 aromatic carbocycles. The van der Waals surface area contributed by atoms with Crippen molar-refractivity contribution >= 4 is 28.1 Å². The van der Waals surface area contributed by atoms with Crippen LogP contribution in [0.4, 0.5) is 5.13 Å². The number of thiazole rings is 1. The van der Waals surface area contributed by atoms with Crippen molar-refractivity contribution in [2.45, 2.75) is 0 Å². The van der Waals surface area contributed by atoms with E-state index in [0.717, 1.165) is 5.13 Å². The fourth-order valence-electron chi connectivity index (χ4n) is 0.368. The van der Waals surface area contributed by atoms with Crippen molar-refractivity contribution in [2.75, 3.05) is 11.3 Å². The van der Waals surface area contributed by atoms with Crippen LogP contribution < -0.4 is 5.32 Å². The Hall–Kier alpha value is -0.280. The lowest BCUT2D eigenvalue weighted by Gasteiger charge is -1.89. The first-order valence-corrected chi connectivity index (χ1v) is 3.54. The molecule has 1 aromatic rings. The molecule has 0 spiro atoms. The van der Waals surface area contributed by atoms with Crippen molar-refractivity contribution in [3.05, 3.63) is 11.6 Å². The molecule has 2 nitrogen and oxygen atoms in total. The van der Waals surface area contributed by atoms with Crippen LogP contribution in [0.15, 0.2) is 11.6 Å². The van der Waals surface area contributed by atoms with Crippen LogP contribution in [0.5, 0.6) is 0 Å². The molecule has 0 radical (unpaired) electrons. The van der Waals surface area contributed by atoms with Gasteiger partial charge in [-0.15, -0.1) is 22.9 Å². The smallest absolute Gasteiger partial charge is 0.183 e. The van der Waals surface area contributed by atoms with Gasteiger partial charge in [0.1, 0.15) is 0 Å². The predicted octanol–water partition coefficient (Wildman–Crippen LogP) is 1.75. The Morgan fingerprint density at radius 2 is 2.75 bits per heavy atom. The van der Waals surface area contributed by atoms with E-state index in [-0.39, 0.29) is 0 Å². The molecule has 0 atom stereocenters. The van der Waals surface area contributed by atoms with Gasteiger partial charge in [-0.1, -0.05) is 0 Å². The Balaban J connectivity index is 2.50. The first-order chi connectivity index (χ1) is 3.93. The zero-order valence-electron chi connectivity index (χ0n) is 4.10.